The minimum atomic E-state index is -0.379. The molecule has 0 amide bonds. The van der Waals surface area contributed by atoms with Crippen LogP contribution in [0.3, 0.4) is 0 Å². The fourth-order valence-corrected chi connectivity index (χ4v) is 3.02. The van der Waals surface area contributed by atoms with Crippen LogP contribution in [-0.2, 0) is 7.05 Å². The van der Waals surface area contributed by atoms with E-state index < -0.39 is 0 Å². The lowest BCUT2D eigenvalue weighted by Crippen LogP contribution is -2.13. The zero-order valence-corrected chi connectivity index (χ0v) is 14.0. The molecule has 128 valence electrons. The first kappa shape index (κ1) is 15.7. The van der Waals surface area contributed by atoms with Crippen LogP contribution in [0.5, 0.6) is 5.88 Å². The van der Waals surface area contributed by atoms with Crippen LogP contribution in [0.4, 0.5) is 4.39 Å². The molecule has 2 aromatic heterocycles. The number of hydrogen-bond donors (Lipinski definition) is 1. The van der Waals surface area contributed by atoms with Crippen LogP contribution in [0.15, 0.2) is 24.5 Å². The average molecular weight is 339 g/mol. The molecule has 0 saturated carbocycles. The Kier molecular flexibility index (Phi) is 3.73. The minimum absolute atomic E-state index is 0.346. The fraction of sp³-hybridized carbons (Fsp3) is 0.278. The Bertz CT molecular complexity index is 993. The molecule has 0 unspecified atom stereocenters. The first-order valence-corrected chi connectivity index (χ1v) is 8.10. The number of aromatic nitrogens is 4. The maximum atomic E-state index is 13.9. The number of rotatable bonds is 2. The SMILES string of the molecule is C[C@@H](N)c1cc(F)cc2nc3c(nc12)C(=Cc1cnn(C)c1)CCO3. The van der Waals surface area contributed by atoms with Crippen molar-refractivity contribution in [3.63, 3.8) is 0 Å². The molecule has 4 rings (SSSR count). The maximum absolute atomic E-state index is 13.9. The van der Waals surface area contributed by atoms with E-state index in [0.29, 0.717) is 34.8 Å². The van der Waals surface area contributed by atoms with Gasteiger partial charge in [-0.1, -0.05) is 0 Å². The number of halogens is 1. The molecular formula is C18H18FN5O. The molecule has 1 atom stereocenters. The fourth-order valence-electron chi connectivity index (χ4n) is 3.02. The van der Waals surface area contributed by atoms with Crippen molar-refractivity contribution in [2.75, 3.05) is 6.61 Å². The third-order valence-corrected chi connectivity index (χ3v) is 4.20. The molecule has 0 radical (unpaired) electrons. The van der Waals surface area contributed by atoms with Gasteiger partial charge in [-0.3, -0.25) is 4.68 Å². The smallest absolute Gasteiger partial charge is 0.240 e. The Morgan fingerprint density at radius 1 is 1.36 bits per heavy atom. The number of nitrogens with two attached hydrogens (primary N) is 1. The van der Waals surface area contributed by atoms with Crippen molar-refractivity contribution in [1.82, 2.24) is 19.7 Å². The zero-order valence-electron chi connectivity index (χ0n) is 14.0. The largest absolute Gasteiger partial charge is 0.476 e. The number of fused-ring (bicyclic) bond motifs is 2. The Morgan fingerprint density at radius 2 is 2.20 bits per heavy atom. The summed E-state index contributed by atoms with van der Waals surface area (Å²) in [6.45, 7) is 2.31. The van der Waals surface area contributed by atoms with Gasteiger partial charge in [-0.2, -0.15) is 5.10 Å². The maximum Gasteiger partial charge on any atom is 0.240 e. The summed E-state index contributed by atoms with van der Waals surface area (Å²) in [5.41, 5.74) is 10.4. The summed E-state index contributed by atoms with van der Waals surface area (Å²) in [4.78, 5) is 9.21. The van der Waals surface area contributed by atoms with Gasteiger partial charge in [-0.15, -0.1) is 0 Å². The van der Waals surface area contributed by atoms with E-state index in [4.69, 9.17) is 15.5 Å². The molecule has 3 aromatic rings. The molecule has 0 saturated heterocycles. The van der Waals surface area contributed by atoms with Gasteiger partial charge in [-0.25, -0.2) is 14.4 Å². The van der Waals surface area contributed by atoms with Gasteiger partial charge >= 0.3 is 0 Å². The monoisotopic (exact) mass is 339 g/mol. The van der Waals surface area contributed by atoms with E-state index in [9.17, 15) is 4.39 Å². The van der Waals surface area contributed by atoms with Gasteiger partial charge < -0.3 is 10.5 Å². The van der Waals surface area contributed by atoms with Gasteiger partial charge in [0.1, 0.15) is 11.5 Å². The predicted molar refractivity (Wildman–Crippen MR) is 93.3 cm³/mol. The van der Waals surface area contributed by atoms with Crippen LogP contribution in [0.25, 0.3) is 22.7 Å². The zero-order chi connectivity index (χ0) is 17.6. The van der Waals surface area contributed by atoms with Crippen LogP contribution in [0.2, 0.25) is 0 Å². The van der Waals surface area contributed by atoms with Crippen molar-refractivity contribution in [1.29, 1.82) is 0 Å². The second-order valence-electron chi connectivity index (χ2n) is 6.24. The molecule has 0 aliphatic carbocycles. The topological polar surface area (TPSA) is 78.9 Å². The van der Waals surface area contributed by atoms with Gasteiger partial charge in [0.15, 0.2) is 0 Å². The first-order valence-electron chi connectivity index (χ1n) is 8.10. The predicted octanol–water partition coefficient (Wildman–Crippen LogP) is 2.85. The van der Waals surface area contributed by atoms with E-state index in [1.807, 2.05) is 19.3 Å². The van der Waals surface area contributed by atoms with Crippen LogP contribution in [0.1, 0.15) is 36.2 Å². The second kappa shape index (κ2) is 5.93. The Morgan fingerprint density at radius 3 is 2.92 bits per heavy atom. The summed E-state index contributed by atoms with van der Waals surface area (Å²) in [6, 6.07) is 2.43. The van der Waals surface area contributed by atoms with E-state index >= 15 is 0 Å². The third kappa shape index (κ3) is 2.87. The highest BCUT2D eigenvalue weighted by atomic mass is 19.1. The molecule has 2 N–H and O–H groups in total. The van der Waals surface area contributed by atoms with Crippen LogP contribution < -0.4 is 10.5 Å². The van der Waals surface area contributed by atoms with Gasteiger partial charge in [0, 0.05) is 37.3 Å². The molecule has 1 aliphatic rings. The molecule has 1 aromatic carbocycles. The summed E-state index contributed by atoms with van der Waals surface area (Å²) in [7, 11) is 1.87. The summed E-state index contributed by atoms with van der Waals surface area (Å²) in [6.07, 6.45) is 6.47. The van der Waals surface area contributed by atoms with Crippen molar-refractivity contribution in [2.45, 2.75) is 19.4 Å². The number of nitrogens with zero attached hydrogens (tertiary/aromatic N) is 4. The Labute approximate surface area is 144 Å². The van der Waals surface area contributed by atoms with E-state index in [1.165, 1.54) is 12.1 Å². The Hall–Kier alpha value is -2.80. The molecule has 0 bridgehead atoms. The highest BCUT2D eigenvalue weighted by molar-refractivity contribution is 5.87. The molecule has 3 heterocycles. The molecule has 7 heteroatoms. The van der Waals surface area contributed by atoms with Crippen molar-refractivity contribution in [3.8, 4) is 5.88 Å². The average Bonchev–Trinajstić information content (AvgIpc) is 2.97. The van der Waals surface area contributed by atoms with Gasteiger partial charge in [0.25, 0.3) is 0 Å². The molecule has 1 aliphatic heterocycles. The first-order chi connectivity index (χ1) is 12.0. The van der Waals surface area contributed by atoms with Crippen LogP contribution in [-0.4, -0.2) is 26.4 Å². The summed E-state index contributed by atoms with van der Waals surface area (Å²) >= 11 is 0. The number of ether oxygens (including phenoxy) is 1. The van der Waals surface area contributed by atoms with Crippen molar-refractivity contribution in [3.05, 3.63) is 47.2 Å². The van der Waals surface area contributed by atoms with Crippen molar-refractivity contribution in [2.24, 2.45) is 12.8 Å². The van der Waals surface area contributed by atoms with Gasteiger partial charge in [-0.05, 0) is 30.2 Å². The lowest BCUT2D eigenvalue weighted by molar-refractivity contribution is 0.303. The van der Waals surface area contributed by atoms with Crippen molar-refractivity contribution >= 4 is 22.7 Å². The highest BCUT2D eigenvalue weighted by Gasteiger charge is 2.22. The molecule has 0 spiro atoms. The summed E-state index contributed by atoms with van der Waals surface area (Å²) < 4.78 is 21.3. The molecule has 25 heavy (non-hydrogen) atoms. The van der Waals surface area contributed by atoms with Gasteiger partial charge in [0.2, 0.25) is 5.88 Å². The quantitative estimate of drug-likeness (QED) is 0.777. The lowest BCUT2D eigenvalue weighted by atomic mass is 10.0. The number of aryl methyl sites for hydroxylation is 1. The molecule has 0 fully saturated rings. The Balaban J connectivity index is 1.92. The van der Waals surface area contributed by atoms with Crippen molar-refractivity contribution < 1.29 is 9.13 Å². The third-order valence-electron chi connectivity index (χ3n) is 4.20. The van der Waals surface area contributed by atoms with Crippen LogP contribution >= 0.6 is 0 Å². The highest BCUT2D eigenvalue weighted by Crippen LogP contribution is 2.34. The number of hydrogen-bond acceptors (Lipinski definition) is 5. The van der Waals surface area contributed by atoms with E-state index in [2.05, 4.69) is 10.1 Å². The number of benzene rings is 1. The standard InChI is InChI=1S/C18H18FN5O/c1-10(20)14-6-13(19)7-15-17(14)23-16-12(3-4-25-18(16)22-15)5-11-8-21-24(2)9-11/h5-10H,3-4,20H2,1-2H3/t10-/m1/s1. The van der Waals surface area contributed by atoms with E-state index in [0.717, 1.165) is 17.6 Å². The van der Waals surface area contributed by atoms with Gasteiger partial charge in [0.05, 0.1) is 23.8 Å². The summed E-state index contributed by atoms with van der Waals surface area (Å²) in [5, 5.41) is 4.18. The second-order valence-corrected chi connectivity index (χ2v) is 6.24. The lowest BCUT2D eigenvalue weighted by Gasteiger charge is -2.20. The molecule has 6 nitrogen and oxygen atoms in total. The minimum Gasteiger partial charge on any atom is -0.476 e. The van der Waals surface area contributed by atoms with Crippen LogP contribution in [0, 0.1) is 5.82 Å². The van der Waals surface area contributed by atoms with E-state index in [-0.39, 0.29) is 11.9 Å². The summed E-state index contributed by atoms with van der Waals surface area (Å²) in [5.74, 6) is 0.0473. The normalized spacial score (nSPS) is 16.7. The van der Waals surface area contributed by atoms with E-state index in [1.54, 1.807) is 17.8 Å². The molecular weight excluding hydrogens is 321 g/mol.